The molecule has 24 heavy (non-hydrogen) atoms. The van der Waals surface area contributed by atoms with E-state index >= 15 is 0 Å². The maximum absolute atomic E-state index is 5.91. The summed E-state index contributed by atoms with van der Waals surface area (Å²) in [5.41, 5.74) is 2.20. The van der Waals surface area contributed by atoms with Crippen molar-refractivity contribution >= 4 is 16.6 Å². The molecule has 128 valence electrons. The van der Waals surface area contributed by atoms with Gasteiger partial charge in [-0.15, -0.1) is 0 Å². The lowest BCUT2D eigenvalue weighted by Gasteiger charge is -2.38. The van der Waals surface area contributed by atoms with E-state index in [1.165, 1.54) is 31.4 Å². The summed E-state index contributed by atoms with van der Waals surface area (Å²) in [7, 11) is 1.71. The van der Waals surface area contributed by atoms with E-state index < -0.39 is 0 Å². The highest BCUT2D eigenvalue weighted by molar-refractivity contribution is 5.96. The molecule has 0 N–H and O–H groups in total. The number of fused-ring (bicyclic) bond motifs is 3. The van der Waals surface area contributed by atoms with Crippen LogP contribution in [0.2, 0.25) is 0 Å². The van der Waals surface area contributed by atoms with Crippen LogP contribution in [0.25, 0.3) is 10.9 Å². The Hall–Kier alpha value is -1.97. The highest BCUT2D eigenvalue weighted by atomic mass is 16.5. The molecule has 0 radical (unpaired) electrons. The van der Waals surface area contributed by atoms with Crippen molar-refractivity contribution in [3.8, 4) is 11.5 Å². The van der Waals surface area contributed by atoms with Gasteiger partial charge >= 0.3 is 0 Å². The summed E-state index contributed by atoms with van der Waals surface area (Å²) in [6.45, 7) is 5.23. The van der Waals surface area contributed by atoms with Crippen molar-refractivity contribution in [2.24, 2.45) is 11.8 Å². The molecule has 1 fully saturated rings. The van der Waals surface area contributed by atoms with E-state index in [2.05, 4.69) is 22.9 Å². The van der Waals surface area contributed by atoms with E-state index in [1.807, 2.05) is 18.3 Å². The van der Waals surface area contributed by atoms with Gasteiger partial charge in [-0.25, -0.2) is 0 Å². The van der Waals surface area contributed by atoms with Crippen LogP contribution in [-0.2, 0) is 0 Å². The first-order valence-electron chi connectivity index (χ1n) is 9.11. The van der Waals surface area contributed by atoms with Gasteiger partial charge < -0.3 is 14.4 Å². The Kier molecular flexibility index (Phi) is 4.21. The summed E-state index contributed by atoms with van der Waals surface area (Å²) in [4.78, 5) is 7.08. The van der Waals surface area contributed by atoms with Crippen LogP contribution in [0.1, 0.15) is 32.6 Å². The average Bonchev–Trinajstić information content (AvgIpc) is 2.63. The van der Waals surface area contributed by atoms with Gasteiger partial charge in [0.1, 0.15) is 12.4 Å². The molecular weight excluding hydrogens is 300 g/mol. The van der Waals surface area contributed by atoms with Crippen molar-refractivity contribution in [1.29, 1.82) is 0 Å². The Morgan fingerprint density at radius 3 is 3.00 bits per heavy atom. The molecule has 4 rings (SSSR count). The maximum atomic E-state index is 5.91. The second kappa shape index (κ2) is 6.50. The molecule has 1 saturated carbocycles. The minimum absolute atomic E-state index is 0.741. The van der Waals surface area contributed by atoms with Crippen molar-refractivity contribution in [3.63, 3.8) is 0 Å². The number of methoxy groups -OCH3 is 1. The number of pyridine rings is 1. The van der Waals surface area contributed by atoms with Crippen molar-refractivity contribution in [3.05, 3.63) is 24.4 Å². The summed E-state index contributed by atoms with van der Waals surface area (Å²) in [6.07, 6.45) is 7.35. The molecule has 4 heteroatoms. The molecule has 2 atom stereocenters. The third kappa shape index (κ3) is 2.79. The number of benzene rings is 1. The first-order chi connectivity index (χ1) is 11.8. The number of hydrogen-bond acceptors (Lipinski definition) is 4. The molecule has 2 heterocycles. The lowest BCUT2D eigenvalue weighted by Crippen LogP contribution is -2.39. The van der Waals surface area contributed by atoms with E-state index in [0.717, 1.165) is 53.9 Å². The summed E-state index contributed by atoms with van der Waals surface area (Å²) >= 11 is 0. The Morgan fingerprint density at radius 1 is 1.29 bits per heavy atom. The van der Waals surface area contributed by atoms with Crippen molar-refractivity contribution in [2.45, 2.75) is 32.6 Å². The van der Waals surface area contributed by atoms with Gasteiger partial charge in [-0.1, -0.05) is 26.2 Å². The molecule has 1 aliphatic heterocycles. The number of aromatic nitrogens is 1. The Labute approximate surface area is 143 Å². The van der Waals surface area contributed by atoms with Gasteiger partial charge in [-0.3, -0.25) is 4.98 Å². The molecule has 1 aromatic heterocycles. The number of hydrogen-bond donors (Lipinski definition) is 0. The van der Waals surface area contributed by atoms with Crippen LogP contribution in [-0.4, -0.2) is 31.8 Å². The third-order valence-corrected chi connectivity index (χ3v) is 5.69. The smallest absolute Gasteiger partial charge is 0.161 e. The zero-order chi connectivity index (χ0) is 16.5. The van der Waals surface area contributed by atoms with Gasteiger partial charge in [0.15, 0.2) is 5.75 Å². The SMILES string of the molecule is COc1ccc2ncc3c(c2c1)N(C[C@H]1CCCCC1C)CCO3. The lowest BCUT2D eigenvalue weighted by atomic mass is 9.80. The van der Waals surface area contributed by atoms with Crippen LogP contribution in [0.5, 0.6) is 11.5 Å². The predicted molar refractivity (Wildman–Crippen MR) is 97.1 cm³/mol. The van der Waals surface area contributed by atoms with Gasteiger partial charge in [0.05, 0.1) is 31.1 Å². The van der Waals surface area contributed by atoms with E-state index in [0.29, 0.717) is 0 Å². The zero-order valence-electron chi connectivity index (χ0n) is 14.6. The number of anilines is 1. The third-order valence-electron chi connectivity index (χ3n) is 5.69. The van der Waals surface area contributed by atoms with Gasteiger partial charge in [0, 0.05) is 11.9 Å². The second-order valence-corrected chi connectivity index (χ2v) is 7.17. The van der Waals surface area contributed by atoms with E-state index in [-0.39, 0.29) is 0 Å². The predicted octanol–water partition coefficient (Wildman–Crippen LogP) is 4.27. The lowest BCUT2D eigenvalue weighted by molar-refractivity contribution is 0.246. The fourth-order valence-electron chi connectivity index (χ4n) is 4.21. The molecule has 1 aliphatic carbocycles. The van der Waals surface area contributed by atoms with Crippen LogP contribution in [0.15, 0.2) is 24.4 Å². The average molecular weight is 326 g/mol. The fraction of sp³-hybridized carbons (Fsp3) is 0.550. The highest BCUT2D eigenvalue weighted by Gasteiger charge is 2.28. The molecule has 0 bridgehead atoms. The molecular formula is C20H26N2O2. The number of nitrogens with zero attached hydrogens (tertiary/aromatic N) is 2. The molecule has 2 aromatic rings. The topological polar surface area (TPSA) is 34.6 Å². The minimum Gasteiger partial charge on any atom is -0.497 e. The summed E-state index contributed by atoms with van der Waals surface area (Å²) in [5.74, 6) is 3.37. The minimum atomic E-state index is 0.741. The molecule has 0 saturated heterocycles. The van der Waals surface area contributed by atoms with Gasteiger partial charge in [0.25, 0.3) is 0 Å². The van der Waals surface area contributed by atoms with Gasteiger partial charge in [-0.2, -0.15) is 0 Å². The molecule has 0 amide bonds. The van der Waals surface area contributed by atoms with Crippen molar-refractivity contribution in [2.75, 3.05) is 31.7 Å². The van der Waals surface area contributed by atoms with Crippen LogP contribution in [0.3, 0.4) is 0 Å². The molecule has 4 nitrogen and oxygen atoms in total. The van der Waals surface area contributed by atoms with Gasteiger partial charge in [0.2, 0.25) is 0 Å². The van der Waals surface area contributed by atoms with Crippen molar-refractivity contribution < 1.29 is 9.47 Å². The van der Waals surface area contributed by atoms with Crippen LogP contribution in [0, 0.1) is 11.8 Å². The van der Waals surface area contributed by atoms with Crippen LogP contribution >= 0.6 is 0 Å². The molecule has 1 aromatic carbocycles. The van der Waals surface area contributed by atoms with Crippen molar-refractivity contribution in [1.82, 2.24) is 4.98 Å². The highest BCUT2D eigenvalue weighted by Crippen LogP contribution is 2.40. The van der Waals surface area contributed by atoms with Crippen LogP contribution < -0.4 is 14.4 Å². The molecule has 1 unspecified atom stereocenters. The van der Waals surface area contributed by atoms with Crippen LogP contribution in [0.4, 0.5) is 5.69 Å². The Balaban J connectivity index is 1.73. The largest absolute Gasteiger partial charge is 0.497 e. The first kappa shape index (κ1) is 15.6. The number of rotatable bonds is 3. The summed E-state index contributed by atoms with van der Waals surface area (Å²) < 4.78 is 11.3. The standard InChI is InChI=1S/C20H26N2O2/c1-14-5-3-4-6-15(14)13-22-9-10-24-19-12-21-18-8-7-16(23-2)11-17(18)20(19)22/h7-8,11-12,14-15H,3-6,9-10,13H2,1-2H3/t14?,15-/m1/s1. The summed E-state index contributed by atoms with van der Waals surface area (Å²) in [6, 6.07) is 6.09. The monoisotopic (exact) mass is 326 g/mol. The van der Waals surface area contributed by atoms with E-state index in [4.69, 9.17) is 9.47 Å². The van der Waals surface area contributed by atoms with Gasteiger partial charge in [-0.05, 0) is 36.5 Å². The Morgan fingerprint density at radius 2 is 2.17 bits per heavy atom. The van der Waals surface area contributed by atoms with E-state index in [1.54, 1.807) is 7.11 Å². The summed E-state index contributed by atoms with van der Waals surface area (Å²) in [5, 5.41) is 1.13. The first-order valence-corrected chi connectivity index (χ1v) is 9.11. The fourth-order valence-corrected chi connectivity index (χ4v) is 4.21. The second-order valence-electron chi connectivity index (χ2n) is 7.17. The quantitative estimate of drug-likeness (QED) is 0.844. The Bertz CT molecular complexity index is 726. The number of ether oxygens (including phenoxy) is 2. The van der Waals surface area contributed by atoms with E-state index in [9.17, 15) is 0 Å². The zero-order valence-corrected chi connectivity index (χ0v) is 14.6. The maximum Gasteiger partial charge on any atom is 0.161 e. The molecule has 2 aliphatic rings. The molecule has 0 spiro atoms. The normalized spacial score (nSPS) is 23.7.